The summed E-state index contributed by atoms with van der Waals surface area (Å²) in [5.41, 5.74) is 3.04. The van der Waals surface area contributed by atoms with Crippen LogP contribution in [0.3, 0.4) is 0 Å². The molecule has 0 aliphatic carbocycles. The second-order valence-electron chi connectivity index (χ2n) is 4.18. The van der Waals surface area contributed by atoms with Crippen LogP contribution in [0.5, 0.6) is 0 Å². The molecule has 0 unspecified atom stereocenters. The minimum atomic E-state index is -0.0143. The van der Waals surface area contributed by atoms with Crippen LogP contribution in [0.2, 0.25) is 0 Å². The van der Waals surface area contributed by atoms with E-state index >= 15 is 0 Å². The van der Waals surface area contributed by atoms with Crippen molar-refractivity contribution in [2.75, 3.05) is 13.1 Å². The zero-order valence-electron chi connectivity index (χ0n) is 9.40. The smallest absolute Gasteiger partial charge is 0.254 e. The van der Waals surface area contributed by atoms with Gasteiger partial charge in [-0.15, -0.1) is 0 Å². The molecule has 0 bridgehead atoms. The highest BCUT2D eigenvalue weighted by Gasteiger charge is 2.21. The van der Waals surface area contributed by atoms with E-state index in [4.69, 9.17) is 0 Å². The van der Waals surface area contributed by atoms with Crippen molar-refractivity contribution in [3.63, 3.8) is 0 Å². The summed E-state index contributed by atoms with van der Waals surface area (Å²) in [6.07, 6.45) is 2.63. The maximum Gasteiger partial charge on any atom is 0.254 e. The molecule has 1 aliphatic heterocycles. The van der Waals surface area contributed by atoms with Crippen molar-refractivity contribution in [2.24, 2.45) is 0 Å². The molecule has 2 rings (SSSR count). The van der Waals surface area contributed by atoms with E-state index in [-0.39, 0.29) is 12.5 Å². The maximum absolute atomic E-state index is 12.1. The molecule has 84 valence electrons. The molecule has 1 aromatic carbocycles. The average molecular weight is 217 g/mol. The summed E-state index contributed by atoms with van der Waals surface area (Å²) in [6, 6.07) is 5.88. The first-order valence-corrected chi connectivity index (χ1v) is 5.55. The fourth-order valence-electron chi connectivity index (χ4n) is 2.13. The minimum Gasteiger partial charge on any atom is -0.332 e. The molecule has 3 nitrogen and oxygen atoms in total. The monoisotopic (exact) mass is 217 g/mol. The molecular weight excluding hydrogens is 202 g/mol. The number of aryl methyl sites for hydroxylation is 2. The normalized spacial score (nSPS) is 15.6. The second kappa shape index (κ2) is 4.47. The largest absolute Gasteiger partial charge is 0.332 e. The summed E-state index contributed by atoms with van der Waals surface area (Å²) in [5.74, 6) is -0.0143. The molecule has 0 saturated heterocycles. The summed E-state index contributed by atoms with van der Waals surface area (Å²) in [7, 11) is 0. The second-order valence-corrected chi connectivity index (χ2v) is 4.18. The number of rotatable bonds is 2. The van der Waals surface area contributed by atoms with Crippen molar-refractivity contribution in [1.82, 2.24) is 4.90 Å². The van der Waals surface area contributed by atoms with E-state index in [0.29, 0.717) is 6.54 Å². The van der Waals surface area contributed by atoms with Crippen LogP contribution >= 0.6 is 0 Å². The fraction of sp³-hybridized carbons (Fsp3) is 0.385. The van der Waals surface area contributed by atoms with Gasteiger partial charge in [0.25, 0.3) is 5.91 Å². The molecule has 0 N–H and O–H groups in total. The molecule has 3 heteroatoms. The van der Waals surface area contributed by atoms with Gasteiger partial charge in [0.2, 0.25) is 0 Å². The van der Waals surface area contributed by atoms with Crippen LogP contribution in [-0.4, -0.2) is 30.2 Å². The number of hydrogen-bond donors (Lipinski definition) is 0. The highest BCUT2D eigenvalue weighted by Crippen LogP contribution is 2.19. The third kappa shape index (κ3) is 1.98. The van der Waals surface area contributed by atoms with Gasteiger partial charge in [-0.1, -0.05) is 17.7 Å². The summed E-state index contributed by atoms with van der Waals surface area (Å²) in [4.78, 5) is 24.2. The molecule has 0 atom stereocenters. The van der Waals surface area contributed by atoms with Crippen LogP contribution in [0.15, 0.2) is 18.2 Å². The van der Waals surface area contributed by atoms with Crippen LogP contribution in [0.4, 0.5) is 0 Å². The zero-order chi connectivity index (χ0) is 11.5. The lowest BCUT2D eigenvalue weighted by molar-refractivity contribution is -0.108. The van der Waals surface area contributed by atoms with Gasteiger partial charge in [0.15, 0.2) is 0 Å². The Kier molecular flexibility index (Phi) is 3.04. The summed E-state index contributed by atoms with van der Waals surface area (Å²) in [5, 5.41) is 0. The van der Waals surface area contributed by atoms with Gasteiger partial charge in [0.1, 0.15) is 6.29 Å². The Bertz CT molecular complexity index is 426. The zero-order valence-corrected chi connectivity index (χ0v) is 9.40. The molecule has 1 amide bonds. The highest BCUT2D eigenvalue weighted by atomic mass is 16.2. The summed E-state index contributed by atoms with van der Waals surface area (Å²) in [6.45, 7) is 2.90. The molecule has 0 fully saturated rings. The Morgan fingerprint density at radius 2 is 2.25 bits per heavy atom. The first kappa shape index (κ1) is 10.9. The Labute approximate surface area is 95.1 Å². The number of benzene rings is 1. The number of hydrogen-bond acceptors (Lipinski definition) is 2. The van der Waals surface area contributed by atoms with Gasteiger partial charge in [-0.05, 0) is 31.4 Å². The van der Waals surface area contributed by atoms with E-state index in [1.165, 1.54) is 5.56 Å². The van der Waals surface area contributed by atoms with Crippen molar-refractivity contribution in [1.29, 1.82) is 0 Å². The predicted molar refractivity (Wildman–Crippen MR) is 61.5 cm³/mol. The number of carbonyl (C=O) groups excluding carboxylic acids is 2. The molecule has 0 radical (unpaired) electrons. The van der Waals surface area contributed by atoms with Crippen LogP contribution in [-0.2, 0) is 11.2 Å². The van der Waals surface area contributed by atoms with Gasteiger partial charge in [0, 0.05) is 12.1 Å². The quantitative estimate of drug-likeness (QED) is 0.705. The Morgan fingerprint density at radius 1 is 1.44 bits per heavy atom. The van der Waals surface area contributed by atoms with Crippen molar-refractivity contribution >= 4 is 12.2 Å². The first-order valence-electron chi connectivity index (χ1n) is 5.55. The molecule has 0 saturated carbocycles. The minimum absolute atomic E-state index is 0.0143. The topological polar surface area (TPSA) is 37.4 Å². The van der Waals surface area contributed by atoms with Crippen LogP contribution in [0.1, 0.15) is 27.9 Å². The highest BCUT2D eigenvalue weighted by molar-refractivity contribution is 5.97. The third-order valence-electron chi connectivity index (χ3n) is 2.95. The van der Waals surface area contributed by atoms with Gasteiger partial charge in [-0.2, -0.15) is 0 Å². The van der Waals surface area contributed by atoms with E-state index in [9.17, 15) is 9.59 Å². The Morgan fingerprint density at radius 3 is 3.00 bits per heavy atom. The molecule has 1 aromatic rings. The van der Waals surface area contributed by atoms with Gasteiger partial charge < -0.3 is 9.69 Å². The van der Waals surface area contributed by atoms with Crippen molar-refractivity contribution in [3.05, 3.63) is 34.9 Å². The van der Waals surface area contributed by atoms with Crippen LogP contribution in [0, 0.1) is 6.92 Å². The summed E-state index contributed by atoms with van der Waals surface area (Å²) >= 11 is 0. The van der Waals surface area contributed by atoms with Crippen molar-refractivity contribution < 1.29 is 9.59 Å². The lowest BCUT2D eigenvalue weighted by Gasteiger charge is -2.17. The number of aldehydes is 1. The number of amides is 1. The van der Waals surface area contributed by atoms with Gasteiger partial charge in [-0.25, -0.2) is 0 Å². The third-order valence-corrected chi connectivity index (χ3v) is 2.95. The van der Waals surface area contributed by atoms with Crippen molar-refractivity contribution in [3.8, 4) is 0 Å². The average Bonchev–Trinajstić information content (AvgIpc) is 2.40. The standard InChI is InChI=1S/C13H15NO2/c1-10-4-5-12-11(9-10)3-2-6-14(7-8-15)13(12)16/h4-5,8-9H,2-3,6-7H2,1H3. The van der Waals surface area contributed by atoms with E-state index in [2.05, 4.69) is 6.07 Å². The van der Waals surface area contributed by atoms with Gasteiger partial charge in [-0.3, -0.25) is 4.79 Å². The van der Waals surface area contributed by atoms with E-state index in [1.54, 1.807) is 4.90 Å². The maximum atomic E-state index is 12.1. The van der Waals surface area contributed by atoms with E-state index in [0.717, 1.165) is 30.3 Å². The Balaban J connectivity index is 2.37. The first-order chi connectivity index (χ1) is 7.72. The van der Waals surface area contributed by atoms with Crippen LogP contribution < -0.4 is 0 Å². The molecular formula is C13H15NO2. The number of fused-ring (bicyclic) bond motifs is 1. The Hall–Kier alpha value is -1.64. The van der Waals surface area contributed by atoms with Gasteiger partial charge >= 0.3 is 0 Å². The molecule has 1 aliphatic rings. The van der Waals surface area contributed by atoms with Gasteiger partial charge in [0.05, 0.1) is 6.54 Å². The van der Waals surface area contributed by atoms with E-state index in [1.807, 2.05) is 19.1 Å². The predicted octanol–water partition coefficient (Wildman–Crippen LogP) is 1.58. The number of nitrogens with zero attached hydrogens (tertiary/aromatic N) is 1. The lowest BCUT2D eigenvalue weighted by Crippen LogP contribution is -2.32. The molecule has 1 heterocycles. The fourth-order valence-corrected chi connectivity index (χ4v) is 2.13. The van der Waals surface area contributed by atoms with Crippen molar-refractivity contribution in [2.45, 2.75) is 19.8 Å². The lowest BCUT2D eigenvalue weighted by atomic mass is 10.0. The molecule has 16 heavy (non-hydrogen) atoms. The number of carbonyl (C=O) groups is 2. The summed E-state index contributed by atoms with van der Waals surface area (Å²) < 4.78 is 0. The molecule has 0 spiro atoms. The van der Waals surface area contributed by atoms with E-state index < -0.39 is 0 Å². The SMILES string of the molecule is Cc1ccc2c(c1)CCCN(CC=O)C2=O. The van der Waals surface area contributed by atoms with Crippen LogP contribution in [0.25, 0.3) is 0 Å². The molecule has 0 aromatic heterocycles.